The first-order valence-electron chi connectivity index (χ1n) is 5.64. The smallest absolute Gasteiger partial charge is 0.272 e. The Morgan fingerprint density at radius 3 is 2.83 bits per heavy atom. The third-order valence-corrected chi connectivity index (χ3v) is 3.15. The number of halogens is 1. The summed E-state index contributed by atoms with van der Waals surface area (Å²) in [5.74, 6) is -0.388. The molecule has 6 nitrogen and oxygen atoms in total. The summed E-state index contributed by atoms with van der Waals surface area (Å²) in [6.45, 7) is 0.903. The van der Waals surface area contributed by atoms with Crippen LogP contribution in [0.1, 0.15) is 23.3 Å². The van der Waals surface area contributed by atoms with Crippen LogP contribution in [0.25, 0.3) is 0 Å². The Kier molecular flexibility index (Phi) is 4.11. The number of carbonyl (C=O) groups excluding carboxylic acids is 1. The van der Waals surface area contributed by atoms with Crippen molar-refractivity contribution in [3.8, 4) is 0 Å². The molecule has 0 bridgehead atoms. The molecule has 1 aromatic heterocycles. The molecule has 1 aliphatic rings. The van der Waals surface area contributed by atoms with Crippen molar-refractivity contribution in [1.29, 1.82) is 0 Å². The van der Waals surface area contributed by atoms with Gasteiger partial charge in [-0.05, 0) is 12.8 Å². The maximum atomic E-state index is 12.0. The zero-order chi connectivity index (χ0) is 13.0. The third-order valence-electron chi connectivity index (χ3n) is 2.97. The van der Waals surface area contributed by atoms with E-state index in [1.54, 1.807) is 0 Å². The van der Waals surface area contributed by atoms with Gasteiger partial charge in [-0.25, -0.2) is 4.98 Å². The normalized spacial score (nSPS) is 18.3. The van der Waals surface area contributed by atoms with Gasteiger partial charge in [0.25, 0.3) is 5.91 Å². The van der Waals surface area contributed by atoms with Crippen LogP contribution in [0, 0.1) is 0 Å². The molecule has 2 N–H and O–H groups in total. The van der Waals surface area contributed by atoms with Crippen molar-refractivity contribution in [3.05, 3.63) is 23.2 Å². The van der Waals surface area contributed by atoms with Crippen LogP contribution < -0.4 is 5.32 Å². The molecular weight excluding hydrogens is 258 g/mol. The Morgan fingerprint density at radius 2 is 2.22 bits per heavy atom. The van der Waals surface area contributed by atoms with Gasteiger partial charge in [0, 0.05) is 13.2 Å². The number of nitrogens with one attached hydrogen (secondary N) is 1. The maximum Gasteiger partial charge on any atom is 0.272 e. The number of nitrogens with zero attached hydrogens (tertiary/aromatic N) is 2. The van der Waals surface area contributed by atoms with Crippen LogP contribution in [-0.4, -0.2) is 46.3 Å². The van der Waals surface area contributed by atoms with Gasteiger partial charge in [0.05, 0.1) is 24.5 Å². The summed E-state index contributed by atoms with van der Waals surface area (Å²) in [5.41, 5.74) is -0.499. The lowest BCUT2D eigenvalue weighted by Crippen LogP contribution is -2.54. The average molecular weight is 272 g/mol. The van der Waals surface area contributed by atoms with Crippen LogP contribution in [0.15, 0.2) is 12.4 Å². The van der Waals surface area contributed by atoms with Crippen molar-refractivity contribution in [3.63, 3.8) is 0 Å². The minimum Gasteiger partial charge on any atom is -0.394 e. The van der Waals surface area contributed by atoms with Gasteiger partial charge in [0.1, 0.15) is 10.8 Å². The monoisotopic (exact) mass is 271 g/mol. The lowest BCUT2D eigenvalue weighted by Gasteiger charge is -2.36. The van der Waals surface area contributed by atoms with E-state index in [1.807, 2.05) is 0 Å². The van der Waals surface area contributed by atoms with Gasteiger partial charge in [0.2, 0.25) is 0 Å². The second-order valence-corrected chi connectivity index (χ2v) is 4.62. The van der Waals surface area contributed by atoms with Gasteiger partial charge in [-0.2, -0.15) is 0 Å². The Balaban J connectivity index is 2.10. The molecule has 1 amide bonds. The summed E-state index contributed by atoms with van der Waals surface area (Å²) < 4.78 is 5.22. The number of carbonyl (C=O) groups is 1. The van der Waals surface area contributed by atoms with E-state index >= 15 is 0 Å². The molecule has 2 rings (SSSR count). The highest BCUT2D eigenvalue weighted by Crippen LogP contribution is 2.20. The standard InChI is InChI=1S/C11H14ClN3O3/c12-9-6-13-5-8(14-9)10(17)15-11(7-16)1-3-18-4-2-11/h5-6,16H,1-4,7H2,(H,15,17). The van der Waals surface area contributed by atoms with Crippen molar-refractivity contribution >= 4 is 17.5 Å². The predicted octanol–water partition coefficient (Wildman–Crippen LogP) is 0.401. The van der Waals surface area contributed by atoms with E-state index in [1.165, 1.54) is 12.4 Å². The fourth-order valence-electron chi connectivity index (χ4n) is 1.84. The highest BCUT2D eigenvalue weighted by molar-refractivity contribution is 6.29. The SMILES string of the molecule is O=C(NC1(CO)CCOCC1)c1cncc(Cl)n1. The molecule has 0 spiro atoms. The first kappa shape index (κ1) is 13.2. The summed E-state index contributed by atoms with van der Waals surface area (Å²) in [5, 5.41) is 12.4. The number of hydrogen-bond donors (Lipinski definition) is 2. The van der Waals surface area contributed by atoms with E-state index in [0.29, 0.717) is 26.1 Å². The third kappa shape index (κ3) is 2.95. The van der Waals surface area contributed by atoms with Gasteiger partial charge in [-0.15, -0.1) is 0 Å². The summed E-state index contributed by atoms with van der Waals surface area (Å²) in [6, 6.07) is 0. The summed E-state index contributed by atoms with van der Waals surface area (Å²) in [4.78, 5) is 19.7. The number of aromatic nitrogens is 2. The lowest BCUT2D eigenvalue weighted by atomic mass is 9.91. The topological polar surface area (TPSA) is 84.3 Å². The van der Waals surface area contributed by atoms with Crippen LogP contribution in [-0.2, 0) is 4.74 Å². The molecule has 7 heteroatoms. The van der Waals surface area contributed by atoms with Gasteiger partial charge in [-0.3, -0.25) is 9.78 Å². The molecule has 1 fully saturated rings. The number of rotatable bonds is 3. The summed E-state index contributed by atoms with van der Waals surface area (Å²) in [7, 11) is 0. The molecule has 1 saturated heterocycles. The summed E-state index contributed by atoms with van der Waals surface area (Å²) in [6.07, 6.45) is 3.84. The number of aliphatic hydroxyl groups excluding tert-OH is 1. The first-order valence-corrected chi connectivity index (χ1v) is 6.02. The fourth-order valence-corrected chi connectivity index (χ4v) is 1.99. The average Bonchev–Trinajstić information content (AvgIpc) is 2.40. The first-order chi connectivity index (χ1) is 8.65. The molecule has 0 saturated carbocycles. The van der Waals surface area contributed by atoms with Crippen molar-refractivity contribution in [2.75, 3.05) is 19.8 Å². The summed E-state index contributed by atoms with van der Waals surface area (Å²) >= 11 is 5.68. The maximum absolute atomic E-state index is 12.0. The van der Waals surface area contributed by atoms with Crippen LogP contribution in [0.3, 0.4) is 0 Å². The van der Waals surface area contributed by atoms with E-state index in [9.17, 15) is 9.90 Å². The molecule has 2 heterocycles. The van der Waals surface area contributed by atoms with E-state index in [4.69, 9.17) is 16.3 Å². The van der Waals surface area contributed by atoms with Crippen molar-refractivity contribution < 1.29 is 14.6 Å². The van der Waals surface area contributed by atoms with E-state index < -0.39 is 5.54 Å². The highest BCUT2D eigenvalue weighted by Gasteiger charge is 2.34. The molecule has 0 aromatic carbocycles. The van der Waals surface area contributed by atoms with E-state index in [0.717, 1.165) is 0 Å². The number of hydrogen-bond acceptors (Lipinski definition) is 5. The highest BCUT2D eigenvalue weighted by atomic mass is 35.5. The van der Waals surface area contributed by atoms with Crippen molar-refractivity contribution in [1.82, 2.24) is 15.3 Å². The predicted molar refractivity (Wildman–Crippen MR) is 64.4 cm³/mol. The zero-order valence-electron chi connectivity index (χ0n) is 9.73. The molecule has 0 aliphatic carbocycles. The fraction of sp³-hybridized carbons (Fsp3) is 0.545. The number of ether oxygens (including phenoxy) is 1. The molecule has 0 atom stereocenters. The minimum absolute atomic E-state index is 0.129. The Bertz CT molecular complexity index is 435. The molecule has 0 unspecified atom stereocenters. The number of amides is 1. The molecule has 1 aromatic rings. The van der Waals surface area contributed by atoms with Gasteiger partial charge < -0.3 is 15.2 Å². The molecule has 18 heavy (non-hydrogen) atoms. The lowest BCUT2D eigenvalue weighted by molar-refractivity contribution is 0.0124. The Hall–Kier alpha value is -1.24. The van der Waals surface area contributed by atoms with Gasteiger partial charge >= 0.3 is 0 Å². The molecule has 98 valence electrons. The van der Waals surface area contributed by atoms with E-state index in [-0.39, 0.29) is 23.4 Å². The minimum atomic E-state index is -0.640. The van der Waals surface area contributed by atoms with Gasteiger partial charge in [-0.1, -0.05) is 11.6 Å². The van der Waals surface area contributed by atoms with Crippen molar-refractivity contribution in [2.45, 2.75) is 18.4 Å². The second kappa shape index (κ2) is 5.60. The number of aliphatic hydroxyl groups is 1. The molecular formula is C11H14ClN3O3. The molecule has 1 aliphatic heterocycles. The van der Waals surface area contributed by atoms with Crippen LogP contribution in [0.4, 0.5) is 0 Å². The Labute approximate surface area is 109 Å². The van der Waals surface area contributed by atoms with Crippen LogP contribution >= 0.6 is 11.6 Å². The zero-order valence-corrected chi connectivity index (χ0v) is 10.5. The quantitative estimate of drug-likeness (QED) is 0.831. The largest absolute Gasteiger partial charge is 0.394 e. The Morgan fingerprint density at radius 1 is 1.50 bits per heavy atom. The van der Waals surface area contributed by atoms with Crippen molar-refractivity contribution in [2.24, 2.45) is 0 Å². The molecule has 0 radical (unpaired) electrons. The van der Waals surface area contributed by atoms with E-state index in [2.05, 4.69) is 15.3 Å². The van der Waals surface area contributed by atoms with Crippen LogP contribution in [0.5, 0.6) is 0 Å². The van der Waals surface area contributed by atoms with Gasteiger partial charge in [0.15, 0.2) is 0 Å². The second-order valence-electron chi connectivity index (χ2n) is 4.23. The van der Waals surface area contributed by atoms with Crippen LogP contribution in [0.2, 0.25) is 5.15 Å².